The van der Waals surface area contributed by atoms with Gasteiger partial charge in [0.05, 0.1) is 0 Å². The van der Waals surface area contributed by atoms with Crippen molar-refractivity contribution in [3.05, 3.63) is 89.5 Å². The Hall–Kier alpha value is -1.78. The second kappa shape index (κ2) is 9.43. The fourth-order valence-electron chi connectivity index (χ4n) is 2.73. The van der Waals surface area contributed by atoms with Gasteiger partial charge < -0.3 is 5.11 Å². The summed E-state index contributed by atoms with van der Waals surface area (Å²) in [7, 11) is 3.31. The molecule has 1 N–H and O–H groups in total. The molecule has 0 aliphatic carbocycles. The summed E-state index contributed by atoms with van der Waals surface area (Å²) < 4.78 is 4.47. The van der Waals surface area contributed by atoms with E-state index in [0.717, 1.165) is 6.92 Å². The van der Waals surface area contributed by atoms with Crippen molar-refractivity contribution in [2.45, 2.75) is 27.7 Å². The number of aryl methyl sites for hydroxylation is 3. The maximum absolute atomic E-state index is 9.00. The van der Waals surface area contributed by atoms with E-state index in [1.54, 1.807) is 0 Å². The molecule has 0 aliphatic heterocycles. The van der Waals surface area contributed by atoms with E-state index >= 15 is 0 Å². The van der Waals surface area contributed by atoms with Crippen molar-refractivity contribution in [1.82, 2.24) is 0 Å². The SMILES string of the molecule is CC(=O)O.Cc1cccc[c]1[Pd]([PH2])([c]1ccccc1C)[c]1ccccc1C. The third kappa shape index (κ3) is 4.94. The average Bonchev–Trinajstić information content (AvgIpc) is 2.62. The Morgan fingerprint density at radius 1 is 0.704 bits per heavy atom. The number of hydrogen-bond acceptors (Lipinski definition) is 1. The Labute approximate surface area is 167 Å². The van der Waals surface area contributed by atoms with Crippen molar-refractivity contribution >= 4 is 25.5 Å². The van der Waals surface area contributed by atoms with Gasteiger partial charge in [0.25, 0.3) is 5.97 Å². The fraction of sp³-hybridized carbons (Fsp3) is 0.174. The molecule has 0 bridgehead atoms. The van der Waals surface area contributed by atoms with Crippen LogP contribution in [0.1, 0.15) is 23.6 Å². The molecule has 0 spiro atoms. The van der Waals surface area contributed by atoms with Gasteiger partial charge >= 0.3 is 145 Å². The first kappa shape index (κ1) is 21.5. The summed E-state index contributed by atoms with van der Waals surface area (Å²) >= 11 is -2.24. The van der Waals surface area contributed by atoms with Crippen molar-refractivity contribution in [3.63, 3.8) is 0 Å². The van der Waals surface area contributed by atoms with E-state index in [1.165, 1.54) is 28.8 Å². The quantitative estimate of drug-likeness (QED) is 0.463. The Bertz CT molecular complexity index is 822. The second-order valence-electron chi connectivity index (χ2n) is 6.18. The first-order valence-electron chi connectivity index (χ1n) is 8.57. The molecule has 0 heterocycles. The van der Waals surface area contributed by atoms with Crippen LogP contribution >= 0.6 is 7.43 Å². The molecule has 1 atom stereocenters. The van der Waals surface area contributed by atoms with E-state index in [-0.39, 0.29) is 0 Å². The standard InChI is InChI=1S/3C7H7.C2H4O2.H2P.Pd/c3*1-7-5-3-2-4-6-7;1-2(3)4;;/h3*2-5H,1H3;1H3,(H,3,4);1H2;/q;;;;-1;+1. The minimum absolute atomic E-state index is 0.833. The summed E-state index contributed by atoms with van der Waals surface area (Å²) in [5.74, 6) is -0.833. The van der Waals surface area contributed by atoms with Crippen LogP contribution in [-0.2, 0) is 19.8 Å². The molecule has 0 amide bonds. The van der Waals surface area contributed by atoms with Gasteiger partial charge in [-0.2, -0.15) is 0 Å². The van der Waals surface area contributed by atoms with E-state index in [4.69, 9.17) is 9.90 Å². The Morgan fingerprint density at radius 2 is 0.926 bits per heavy atom. The molecule has 27 heavy (non-hydrogen) atoms. The van der Waals surface area contributed by atoms with Crippen molar-refractivity contribution in [2.75, 3.05) is 0 Å². The van der Waals surface area contributed by atoms with Gasteiger partial charge in [-0.1, -0.05) is 0 Å². The second-order valence-corrected chi connectivity index (χ2v) is 14.4. The molecule has 0 radical (unpaired) electrons. The van der Waals surface area contributed by atoms with Crippen LogP contribution in [0.3, 0.4) is 0 Å². The molecule has 0 saturated heterocycles. The first-order chi connectivity index (χ1) is 12.8. The van der Waals surface area contributed by atoms with Gasteiger partial charge in [0.2, 0.25) is 0 Å². The third-order valence-electron chi connectivity index (χ3n) is 3.93. The molecule has 4 heteroatoms. The molecular formula is C23H27O2PPd. The van der Waals surface area contributed by atoms with Gasteiger partial charge in [0.15, 0.2) is 0 Å². The molecule has 3 aromatic rings. The number of hydrogen-bond donors (Lipinski definition) is 1. The van der Waals surface area contributed by atoms with E-state index in [1.807, 2.05) is 0 Å². The number of carboxylic acid groups (broad SMARTS) is 1. The zero-order chi connectivity index (χ0) is 20.0. The summed E-state index contributed by atoms with van der Waals surface area (Å²) in [4.78, 5) is 9.00. The van der Waals surface area contributed by atoms with Crippen LogP contribution in [0.25, 0.3) is 0 Å². The molecule has 3 aromatic carbocycles. The van der Waals surface area contributed by atoms with Crippen LogP contribution in [-0.4, -0.2) is 11.1 Å². The minimum atomic E-state index is -2.24. The maximum atomic E-state index is 9.00. The van der Waals surface area contributed by atoms with Crippen LogP contribution in [0.5, 0.6) is 0 Å². The van der Waals surface area contributed by atoms with Crippen molar-refractivity contribution in [3.8, 4) is 0 Å². The predicted octanol–water partition coefficient (Wildman–Crippen LogP) is 3.92. The summed E-state index contributed by atoms with van der Waals surface area (Å²) in [6.07, 6.45) is 0. The molecule has 146 valence electrons. The summed E-state index contributed by atoms with van der Waals surface area (Å²) in [6.45, 7) is 7.79. The number of benzene rings is 3. The molecule has 0 fully saturated rings. The van der Waals surface area contributed by atoms with E-state index in [0.29, 0.717) is 0 Å². The van der Waals surface area contributed by atoms with Gasteiger partial charge in [-0.15, -0.1) is 0 Å². The van der Waals surface area contributed by atoms with Gasteiger partial charge in [-0.3, -0.25) is 4.79 Å². The Kier molecular flexibility index (Phi) is 7.52. The van der Waals surface area contributed by atoms with Crippen LogP contribution in [0.4, 0.5) is 0 Å². The predicted molar refractivity (Wildman–Crippen MR) is 115 cm³/mol. The number of carboxylic acids is 1. The monoisotopic (exact) mass is 472 g/mol. The van der Waals surface area contributed by atoms with Crippen LogP contribution in [0.2, 0.25) is 0 Å². The molecule has 2 nitrogen and oxygen atoms in total. The zero-order valence-corrected chi connectivity index (χ0v) is 18.9. The topological polar surface area (TPSA) is 37.3 Å². The normalized spacial score (nSPS) is 11.3. The summed E-state index contributed by atoms with van der Waals surface area (Å²) in [5.41, 5.74) is 4.14. The van der Waals surface area contributed by atoms with Crippen LogP contribution in [0.15, 0.2) is 72.8 Å². The molecule has 3 rings (SSSR count). The van der Waals surface area contributed by atoms with Gasteiger partial charge in [-0.25, -0.2) is 0 Å². The van der Waals surface area contributed by atoms with Gasteiger partial charge in [-0.05, 0) is 0 Å². The molecule has 0 aromatic heterocycles. The van der Waals surface area contributed by atoms with Crippen molar-refractivity contribution < 1.29 is 24.9 Å². The number of rotatable bonds is 3. The van der Waals surface area contributed by atoms with Crippen LogP contribution in [0, 0.1) is 20.8 Å². The summed E-state index contributed by atoms with van der Waals surface area (Å²) in [5, 5.41) is 7.42. The first-order valence-corrected chi connectivity index (χ1v) is 14.0. The Morgan fingerprint density at radius 3 is 1.15 bits per heavy atom. The van der Waals surface area contributed by atoms with Crippen molar-refractivity contribution in [2.24, 2.45) is 0 Å². The Balaban J connectivity index is 0.000000596. The van der Waals surface area contributed by atoms with Crippen LogP contribution < -0.4 is 12.1 Å². The molecule has 0 aliphatic rings. The number of aliphatic carboxylic acids is 1. The molecular weight excluding hydrogens is 446 g/mol. The molecule has 0 saturated carbocycles. The number of carbonyl (C=O) groups is 1. The average molecular weight is 473 g/mol. The van der Waals surface area contributed by atoms with E-state index < -0.39 is 21.0 Å². The fourth-order valence-corrected chi connectivity index (χ4v) is 12.7. The van der Waals surface area contributed by atoms with Crippen molar-refractivity contribution in [1.29, 1.82) is 0 Å². The summed E-state index contributed by atoms with van der Waals surface area (Å²) in [6, 6.07) is 26.6. The van der Waals surface area contributed by atoms with E-state index in [2.05, 4.69) is 101 Å². The zero-order valence-electron chi connectivity index (χ0n) is 16.2. The third-order valence-corrected chi connectivity index (χ3v) is 14.0. The van der Waals surface area contributed by atoms with Gasteiger partial charge in [0, 0.05) is 6.92 Å². The molecule has 1 unspecified atom stereocenters. The van der Waals surface area contributed by atoms with E-state index in [9.17, 15) is 0 Å². The van der Waals surface area contributed by atoms with Gasteiger partial charge in [0.1, 0.15) is 0 Å².